The van der Waals surface area contributed by atoms with Gasteiger partial charge >= 0.3 is 0 Å². The molecule has 0 aliphatic carbocycles. The van der Waals surface area contributed by atoms with Gasteiger partial charge in [-0.25, -0.2) is 4.98 Å². The second-order valence-electron chi connectivity index (χ2n) is 6.49. The van der Waals surface area contributed by atoms with Gasteiger partial charge < -0.3 is 10.1 Å². The molecule has 0 bridgehead atoms. The van der Waals surface area contributed by atoms with Crippen LogP contribution in [0, 0.1) is 0 Å². The van der Waals surface area contributed by atoms with Crippen LogP contribution in [0.1, 0.15) is 6.42 Å². The third-order valence-corrected chi connectivity index (χ3v) is 6.91. The van der Waals surface area contributed by atoms with Crippen LogP contribution in [0.3, 0.4) is 0 Å². The molecule has 4 rings (SSSR count). The molecule has 0 amide bonds. The number of hydrogen-bond acceptors (Lipinski definition) is 5. The average Bonchev–Trinajstić information content (AvgIpc) is 3.11. The van der Waals surface area contributed by atoms with Gasteiger partial charge in [0, 0.05) is 40.8 Å². The molecule has 3 heterocycles. The Morgan fingerprint density at radius 1 is 1.25 bits per heavy atom. The van der Waals surface area contributed by atoms with Crippen LogP contribution >= 0.6 is 27.7 Å². The van der Waals surface area contributed by atoms with Gasteiger partial charge in [-0.2, -0.15) is 11.8 Å². The molecule has 0 saturated carbocycles. The molecule has 4 nitrogen and oxygen atoms in total. The molecule has 1 N–H and O–H groups in total. The first-order chi connectivity index (χ1) is 11.8. The Kier molecular flexibility index (Phi) is 4.99. The van der Waals surface area contributed by atoms with Gasteiger partial charge in [-0.05, 0) is 46.3 Å². The number of para-hydroxylation sites is 1. The van der Waals surface area contributed by atoms with Gasteiger partial charge in [-0.15, -0.1) is 0 Å². The lowest BCUT2D eigenvalue weighted by atomic mass is 9.95. The van der Waals surface area contributed by atoms with E-state index in [1.807, 2.05) is 12.1 Å². The molecule has 2 aromatic rings. The lowest BCUT2D eigenvalue weighted by molar-refractivity contribution is -0.00922. The van der Waals surface area contributed by atoms with Crippen LogP contribution < -0.4 is 5.32 Å². The zero-order chi connectivity index (χ0) is 16.4. The van der Waals surface area contributed by atoms with Crippen molar-refractivity contribution in [3.63, 3.8) is 0 Å². The van der Waals surface area contributed by atoms with E-state index in [-0.39, 0.29) is 5.54 Å². The summed E-state index contributed by atoms with van der Waals surface area (Å²) in [6.07, 6.45) is 1.24. The third kappa shape index (κ3) is 3.29. The quantitative estimate of drug-likeness (QED) is 0.837. The van der Waals surface area contributed by atoms with Crippen molar-refractivity contribution in [1.29, 1.82) is 0 Å². The van der Waals surface area contributed by atoms with E-state index in [9.17, 15) is 0 Å². The summed E-state index contributed by atoms with van der Waals surface area (Å²) < 4.78 is 6.59. The van der Waals surface area contributed by atoms with E-state index in [2.05, 4.69) is 56.1 Å². The number of ether oxygens (including phenoxy) is 1. The summed E-state index contributed by atoms with van der Waals surface area (Å²) in [6.45, 7) is 4.74. The number of morpholine rings is 1. The van der Waals surface area contributed by atoms with Gasteiger partial charge in [0.05, 0.1) is 18.7 Å². The van der Waals surface area contributed by atoms with Gasteiger partial charge in [0.2, 0.25) is 0 Å². The number of pyridine rings is 1. The first kappa shape index (κ1) is 16.6. The van der Waals surface area contributed by atoms with Crippen LogP contribution in [0.2, 0.25) is 0 Å². The Hall–Kier alpha value is -0.820. The zero-order valence-electron chi connectivity index (χ0n) is 13.6. The van der Waals surface area contributed by atoms with Gasteiger partial charge in [0.1, 0.15) is 5.82 Å². The van der Waals surface area contributed by atoms with E-state index in [0.717, 1.165) is 54.0 Å². The van der Waals surface area contributed by atoms with Crippen molar-refractivity contribution in [2.24, 2.45) is 0 Å². The number of halogens is 1. The minimum atomic E-state index is 0.235. The highest BCUT2D eigenvalue weighted by Crippen LogP contribution is 2.34. The molecule has 6 heteroatoms. The number of fused-ring (bicyclic) bond motifs is 1. The molecule has 24 heavy (non-hydrogen) atoms. The molecule has 128 valence electrons. The highest BCUT2D eigenvalue weighted by atomic mass is 79.9. The summed E-state index contributed by atoms with van der Waals surface area (Å²) in [5.74, 6) is 3.39. The van der Waals surface area contributed by atoms with E-state index in [1.165, 1.54) is 17.9 Å². The van der Waals surface area contributed by atoms with Crippen LogP contribution in [-0.2, 0) is 4.74 Å². The molecule has 1 atom stereocenters. The first-order valence-electron chi connectivity index (χ1n) is 8.47. The van der Waals surface area contributed by atoms with E-state index < -0.39 is 0 Å². The maximum Gasteiger partial charge on any atom is 0.126 e. The second-order valence-corrected chi connectivity index (χ2v) is 8.45. The lowest BCUT2D eigenvalue weighted by Gasteiger charge is -2.43. The number of nitrogens with zero attached hydrogens (tertiary/aromatic N) is 2. The highest BCUT2D eigenvalue weighted by molar-refractivity contribution is 9.10. The van der Waals surface area contributed by atoms with E-state index in [0.29, 0.717) is 0 Å². The number of aromatic nitrogens is 1. The Balaban J connectivity index is 1.53. The van der Waals surface area contributed by atoms with E-state index in [1.54, 1.807) is 0 Å². The second kappa shape index (κ2) is 7.20. The smallest absolute Gasteiger partial charge is 0.126 e. The minimum absolute atomic E-state index is 0.235. The molecule has 1 aromatic carbocycles. The molecule has 2 fully saturated rings. The lowest BCUT2D eigenvalue weighted by Crippen LogP contribution is -2.57. The molecular formula is C18H22BrN3OS. The molecule has 0 radical (unpaired) electrons. The highest BCUT2D eigenvalue weighted by Gasteiger charge is 2.40. The number of benzene rings is 1. The van der Waals surface area contributed by atoms with Crippen molar-refractivity contribution in [3.05, 3.63) is 34.8 Å². The predicted molar refractivity (Wildman–Crippen MR) is 105 cm³/mol. The summed E-state index contributed by atoms with van der Waals surface area (Å²) in [7, 11) is 0. The maximum atomic E-state index is 5.54. The normalized spacial score (nSPS) is 25.2. The van der Waals surface area contributed by atoms with Crippen LogP contribution in [0.25, 0.3) is 10.9 Å². The molecule has 0 spiro atoms. The number of hydrogen-bond donors (Lipinski definition) is 1. The van der Waals surface area contributed by atoms with E-state index >= 15 is 0 Å². The fraction of sp³-hybridized carbons (Fsp3) is 0.500. The summed E-state index contributed by atoms with van der Waals surface area (Å²) in [5, 5.41) is 4.78. The average molecular weight is 408 g/mol. The standard InChI is InChI=1S/C18H22BrN3OS/c19-15-3-1-2-14-4-5-16(21-17(14)15)20-12-18(6-11-24-13-18)22-7-9-23-10-8-22/h1-5H,6-13H2,(H,20,21). The number of nitrogens with one attached hydrogen (secondary N) is 1. The SMILES string of the molecule is Brc1cccc2ccc(NCC3(N4CCOCC4)CCSC3)nc12. The van der Waals surface area contributed by atoms with Gasteiger partial charge in [-0.1, -0.05) is 12.1 Å². The Bertz CT molecular complexity index is 714. The summed E-state index contributed by atoms with van der Waals surface area (Å²) in [4.78, 5) is 7.43. The molecule has 2 saturated heterocycles. The third-order valence-electron chi connectivity index (χ3n) is 5.03. The Morgan fingerprint density at radius 3 is 2.92 bits per heavy atom. The number of anilines is 1. The fourth-order valence-corrected chi connectivity index (χ4v) is 5.55. The van der Waals surface area contributed by atoms with Crippen molar-refractivity contribution in [2.45, 2.75) is 12.0 Å². The van der Waals surface area contributed by atoms with Gasteiger partial charge in [0.15, 0.2) is 0 Å². The number of thioether (sulfide) groups is 1. The van der Waals surface area contributed by atoms with Crippen molar-refractivity contribution in [1.82, 2.24) is 9.88 Å². The first-order valence-corrected chi connectivity index (χ1v) is 10.4. The molecular weight excluding hydrogens is 386 g/mol. The van der Waals surface area contributed by atoms with Crippen LogP contribution in [-0.4, -0.2) is 59.8 Å². The van der Waals surface area contributed by atoms with Crippen LogP contribution in [0.4, 0.5) is 5.82 Å². The predicted octanol–water partition coefficient (Wildman–Crippen LogP) is 3.62. The van der Waals surface area contributed by atoms with Crippen molar-refractivity contribution in [2.75, 3.05) is 49.7 Å². The summed E-state index contributed by atoms with van der Waals surface area (Å²) >= 11 is 5.67. The Labute approximate surface area is 155 Å². The molecule has 1 aromatic heterocycles. The molecule has 2 aliphatic heterocycles. The minimum Gasteiger partial charge on any atom is -0.379 e. The fourth-order valence-electron chi connectivity index (χ4n) is 3.60. The Morgan fingerprint density at radius 2 is 2.12 bits per heavy atom. The molecule has 2 aliphatic rings. The van der Waals surface area contributed by atoms with Crippen LogP contribution in [0.5, 0.6) is 0 Å². The number of rotatable bonds is 4. The van der Waals surface area contributed by atoms with Crippen molar-refractivity contribution in [3.8, 4) is 0 Å². The topological polar surface area (TPSA) is 37.4 Å². The monoisotopic (exact) mass is 407 g/mol. The van der Waals surface area contributed by atoms with Crippen LogP contribution in [0.15, 0.2) is 34.8 Å². The van der Waals surface area contributed by atoms with Crippen molar-refractivity contribution >= 4 is 44.4 Å². The van der Waals surface area contributed by atoms with E-state index in [4.69, 9.17) is 9.72 Å². The zero-order valence-corrected chi connectivity index (χ0v) is 16.0. The summed E-state index contributed by atoms with van der Waals surface area (Å²) in [6, 6.07) is 10.4. The van der Waals surface area contributed by atoms with Crippen molar-refractivity contribution < 1.29 is 4.74 Å². The maximum absolute atomic E-state index is 5.54. The van der Waals surface area contributed by atoms with Gasteiger partial charge in [-0.3, -0.25) is 4.90 Å². The molecule has 1 unspecified atom stereocenters. The largest absolute Gasteiger partial charge is 0.379 e. The van der Waals surface area contributed by atoms with Gasteiger partial charge in [0.25, 0.3) is 0 Å². The summed E-state index contributed by atoms with van der Waals surface area (Å²) in [5.41, 5.74) is 1.25.